The number of hydrogen-bond acceptors (Lipinski definition) is 3. The predicted molar refractivity (Wildman–Crippen MR) is 82.9 cm³/mol. The van der Waals surface area contributed by atoms with Gasteiger partial charge in [0.1, 0.15) is 0 Å². The number of rotatable bonds is 8. The molecule has 0 bridgehead atoms. The summed E-state index contributed by atoms with van der Waals surface area (Å²) in [6, 6.07) is 0.434. The zero-order valence-corrected chi connectivity index (χ0v) is 13.2. The smallest absolute Gasteiger partial charge is 0.234 e. The first-order valence-corrected chi connectivity index (χ1v) is 8.48. The third-order valence-corrected chi connectivity index (χ3v) is 4.35. The molecule has 2 amide bonds. The molecule has 0 spiro atoms. The number of nitrogens with one attached hydrogen (secondary N) is 2. The average Bonchev–Trinajstić information content (AvgIpc) is 3.28. The second-order valence-electron chi connectivity index (χ2n) is 6.39. The fourth-order valence-corrected chi connectivity index (χ4v) is 2.79. The summed E-state index contributed by atoms with van der Waals surface area (Å²) in [6.07, 6.45) is 7.43. The van der Waals surface area contributed by atoms with E-state index in [2.05, 4.69) is 22.5 Å². The third kappa shape index (κ3) is 6.04. The fourth-order valence-electron chi connectivity index (χ4n) is 2.79. The van der Waals surface area contributed by atoms with E-state index in [0.717, 1.165) is 51.7 Å². The molecule has 0 atom stereocenters. The molecular weight excluding hydrogens is 266 g/mol. The first-order chi connectivity index (χ1) is 10.2. The molecule has 1 aliphatic heterocycles. The minimum Gasteiger partial charge on any atom is -0.356 e. The van der Waals surface area contributed by atoms with Crippen LogP contribution < -0.4 is 10.6 Å². The summed E-state index contributed by atoms with van der Waals surface area (Å²) in [7, 11) is 0. The largest absolute Gasteiger partial charge is 0.356 e. The molecule has 0 aromatic carbocycles. The highest BCUT2D eigenvalue weighted by molar-refractivity contribution is 5.79. The summed E-state index contributed by atoms with van der Waals surface area (Å²) < 4.78 is 0. The predicted octanol–water partition coefficient (Wildman–Crippen LogP) is 1.28. The second-order valence-corrected chi connectivity index (χ2v) is 6.39. The summed E-state index contributed by atoms with van der Waals surface area (Å²) in [5.41, 5.74) is 0. The maximum atomic E-state index is 12.0. The van der Waals surface area contributed by atoms with Gasteiger partial charge in [-0.3, -0.25) is 14.5 Å². The van der Waals surface area contributed by atoms with Gasteiger partial charge in [-0.15, -0.1) is 0 Å². The van der Waals surface area contributed by atoms with Gasteiger partial charge in [-0.25, -0.2) is 0 Å². The second kappa shape index (κ2) is 8.37. The molecule has 2 fully saturated rings. The summed E-state index contributed by atoms with van der Waals surface area (Å²) in [6.45, 7) is 5.16. The number of piperidine rings is 1. The molecule has 1 aliphatic carbocycles. The van der Waals surface area contributed by atoms with Crippen molar-refractivity contribution in [1.82, 2.24) is 15.5 Å². The molecule has 5 nitrogen and oxygen atoms in total. The van der Waals surface area contributed by atoms with E-state index in [1.54, 1.807) is 0 Å². The highest BCUT2D eigenvalue weighted by Gasteiger charge is 2.27. The van der Waals surface area contributed by atoms with E-state index in [0.29, 0.717) is 12.6 Å². The van der Waals surface area contributed by atoms with Crippen LogP contribution in [0.5, 0.6) is 0 Å². The van der Waals surface area contributed by atoms with E-state index in [1.165, 1.54) is 12.8 Å². The molecule has 5 heteroatoms. The van der Waals surface area contributed by atoms with Gasteiger partial charge in [0.2, 0.25) is 11.8 Å². The molecule has 2 aliphatic rings. The van der Waals surface area contributed by atoms with Crippen molar-refractivity contribution in [2.75, 3.05) is 26.2 Å². The van der Waals surface area contributed by atoms with Crippen molar-refractivity contribution in [3.05, 3.63) is 0 Å². The lowest BCUT2D eigenvalue weighted by molar-refractivity contribution is -0.126. The van der Waals surface area contributed by atoms with Crippen LogP contribution in [-0.4, -0.2) is 48.9 Å². The van der Waals surface area contributed by atoms with Crippen LogP contribution in [0.15, 0.2) is 0 Å². The number of nitrogens with zero attached hydrogens (tertiary/aromatic N) is 1. The van der Waals surface area contributed by atoms with E-state index >= 15 is 0 Å². The quantitative estimate of drug-likeness (QED) is 0.663. The third-order valence-electron chi connectivity index (χ3n) is 4.35. The van der Waals surface area contributed by atoms with Crippen molar-refractivity contribution >= 4 is 11.8 Å². The van der Waals surface area contributed by atoms with Crippen molar-refractivity contribution in [1.29, 1.82) is 0 Å². The molecule has 0 aromatic heterocycles. The maximum absolute atomic E-state index is 12.0. The van der Waals surface area contributed by atoms with Gasteiger partial charge >= 0.3 is 0 Å². The Bertz CT molecular complexity index is 347. The Balaban J connectivity index is 1.58. The number of amides is 2. The number of carbonyl (C=O) groups is 2. The van der Waals surface area contributed by atoms with Crippen molar-refractivity contribution in [2.45, 2.75) is 57.9 Å². The Labute approximate surface area is 127 Å². The summed E-state index contributed by atoms with van der Waals surface area (Å²) >= 11 is 0. The van der Waals surface area contributed by atoms with Crippen molar-refractivity contribution in [3.63, 3.8) is 0 Å². The minimum absolute atomic E-state index is 0.134. The Kier molecular flexibility index (Phi) is 6.49. The van der Waals surface area contributed by atoms with Crippen LogP contribution in [0.25, 0.3) is 0 Å². The van der Waals surface area contributed by atoms with Crippen molar-refractivity contribution in [3.8, 4) is 0 Å². The van der Waals surface area contributed by atoms with E-state index in [1.807, 2.05) is 0 Å². The molecule has 21 heavy (non-hydrogen) atoms. The molecule has 1 saturated carbocycles. The fraction of sp³-hybridized carbons (Fsp3) is 0.875. The van der Waals surface area contributed by atoms with E-state index in [4.69, 9.17) is 0 Å². The number of likely N-dealkylation sites (tertiary alicyclic amines) is 1. The molecule has 0 radical (unpaired) electrons. The molecule has 2 rings (SSSR count). The van der Waals surface area contributed by atoms with Crippen LogP contribution in [0, 0.1) is 5.92 Å². The summed E-state index contributed by atoms with van der Waals surface area (Å²) in [4.78, 5) is 25.9. The zero-order chi connectivity index (χ0) is 15.1. The van der Waals surface area contributed by atoms with Crippen LogP contribution in [0.3, 0.4) is 0 Å². The lowest BCUT2D eigenvalue weighted by atomic mass is 9.96. The van der Waals surface area contributed by atoms with Gasteiger partial charge in [0, 0.05) is 18.5 Å². The first-order valence-electron chi connectivity index (χ1n) is 8.48. The Hall–Kier alpha value is -1.10. The number of carbonyl (C=O) groups excluding carboxylic acids is 2. The molecule has 1 saturated heterocycles. The Morgan fingerprint density at radius 3 is 2.43 bits per heavy atom. The zero-order valence-electron chi connectivity index (χ0n) is 13.2. The van der Waals surface area contributed by atoms with Gasteiger partial charge in [-0.05, 0) is 45.2 Å². The lowest BCUT2D eigenvalue weighted by Crippen LogP contribution is -2.44. The van der Waals surface area contributed by atoms with Gasteiger partial charge in [-0.1, -0.05) is 19.8 Å². The highest BCUT2D eigenvalue weighted by Crippen LogP contribution is 2.19. The highest BCUT2D eigenvalue weighted by atomic mass is 16.2. The monoisotopic (exact) mass is 295 g/mol. The van der Waals surface area contributed by atoms with E-state index < -0.39 is 0 Å². The standard InChI is InChI=1S/C16H29N3O2/c1-2-3-4-9-17-16(21)13-7-10-19(11-8-13)12-15(20)18-14-5-6-14/h13-14H,2-12H2,1H3,(H,17,21)(H,18,20). The Morgan fingerprint density at radius 1 is 1.10 bits per heavy atom. The normalized spacial score (nSPS) is 20.2. The lowest BCUT2D eigenvalue weighted by Gasteiger charge is -2.30. The first kappa shape index (κ1) is 16.3. The molecule has 2 N–H and O–H groups in total. The van der Waals surface area contributed by atoms with E-state index in [9.17, 15) is 9.59 Å². The van der Waals surface area contributed by atoms with Crippen LogP contribution in [0.4, 0.5) is 0 Å². The Morgan fingerprint density at radius 2 is 1.81 bits per heavy atom. The molecule has 0 aromatic rings. The van der Waals surface area contributed by atoms with E-state index in [-0.39, 0.29) is 17.7 Å². The molecule has 120 valence electrons. The van der Waals surface area contributed by atoms with Gasteiger partial charge in [0.05, 0.1) is 6.54 Å². The van der Waals surface area contributed by atoms with Crippen LogP contribution in [-0.2, 0) is 9.59 Å². The van der Waals surface area contributed by atoms with Crippen molar-refractivity contribution in [2.24, 2.45) is 5.92 Å². The maximum Gasteiger partial charge on any atom is 0.234 e. The van der Waals surface area contributed by atoms with Crippen LogP contribution in [0.2, 0.25) is 0 Å². The van der Waals surface area contributed by atoms with Crippen LogP contribution in [0.1, 0.15) is 51.9 Å². The molecular formula is C16H29N3O2. The van der Waals surface area contributed by atoms with Gasteiger partial charge in [-0.2, -0.15) is 0 Å². The van der Waals surface area contributed by atoms with Gasteiger partial charge in [0.15, 0.2) is 0 Å². The summed E-state index contributed by atoms with van der Waals surface area (Å²) in [5, 5.41) is 6.06. The van der Waals surface area contributed by atoms with Gasteiger partial charge in [0.25, 0.3) is 0 Å². The van der Waals surface area contributed by atoms with Crippen molar-refractivity contribution < 1.29 is 9.59 Å². The van der Waals surface area contributed by atoms with Gasteiger partial charge < -0.3 is 10.6 Å². The molecule has 0 unspecified atom stereocenters. The average molecular weight is 295 g/mol. The SMILES string of the molecule is CCCCCNC(=O)C1CCN(CC(=O)NC2CC2)CC1. The molecule has 1 heterocycles. The van der Waals surface area contributed by atoms with Crippen LogP contribution >= 0.6 is 0 Å². The number of unbranched alkanes of at least 4 members (excludes halogenated alkanes) is 2. The summed E-state index contributed by atoms with van der Waals surface area (Å²) in [5.74, 6) is 0.475. The number of hydrogen-bond donors (Lipinski definition) is 2. The topological polar surface area (TPSA) is 61.4 Å². The minimum atomic E-state index is 0.134.